The molecule has 0 bridgehead atoms. The van der Waals surface area contributed by atoms with E-state index in [1.807, 2.05) is 0 Å². The number of nitrogens with one attached hydrogen (secondary N) is 2. The van der Waals surface area contributed by atoms with Gasteiger partial charge in [0.05, 0.1) is 5.69 Å². The van der Waals surface area contributed by atoms with Gasteiger partial charge in [0.25, 0.3) is 0 Å². The minimum atomic E-state index is 0.955. The van der Waals surface area contributed by atoms with Gasteiger partial charge in [0.2, 0.25) is 0 Å². The molecule has 1 aromatic rings. The molecular formula is C14H21BrN4. The number of rotatable bonds is 4. The number of hydrogen-bond donors (Lipinski definition) is 2. The van der Waals surface area contributed by atoms with Gasteiger partial charge in [0.1, 0.15) is 0 Å². The number of hydrazine groups is 1. The van der Waals surface area contributed by atoms with Gasteiger partial charge in [-0.2, -0.15) is 0 Å². The lowest BCUT2D eigenvalue weighted by Crippen LogP contribution is -2.44. The summed E-state index contributed by atoms with van der Waals surface area (Å²) in [5.41, 5.74) is 6.19. The van der Waals surface area contributed by atoms with Crippen molar-refractivity contribution in [3.05, 3.63) is 28.2 Å². The van der Waals surface area contributed by atoms with Crippen LogP contribution in [-0.4, -0.2) is 44.2 Å². The van der Waals surface area contributed by atoms with Gasteiger partial charge >= 0.3 is 0 Å². The van der Waals surface area contributed by atoms with Crippen LogP contribution in [0.15, 0.2) is 22.7 Å². The summed E-state index contributed by atoms with van der Waals surface area (Å²) in [6.07, 6.45) is 1.21. The zero-order valence-corrected chi connectivity index (χ0v) is 12.7. The smallest absolute Gasteiger partial charge is 0.0576 e. The molecule has 1 aromatic carbocycles. The predicted molar refractivity (Wildman–Crippen MR) is 82.3 cm³/mol. The predicted octanol–water partition coefficient (Wildman–Crippen LogP) is 1.57. The van der Waals surface area contributed by atoms with E-state index < -0.39 is 0 Å². The second-order valence-corrected chi connectivity index (χ2v) is 6.12. The Bertz CT molecular complexity index is 431. The van der Waals surface area contributed by atoms with E-state index in [2.05, 4.69) is 54.8 Å². The average Bonchev–Trinajstić information content (AvgIpc) is 2.83. The fourth-order valence-corrected chi connectivity index (χ4v) is 3.14. The van der Waals surface area contributed by atoms with E-state index >= 15 is 0 Å². The van der Waals surface area contributed by atoms with Crippen LogP contribution in [0.1, 0.15) is 12.0 Å². The van der Waals surface area contributed by atoms with E-state index in [0.29, 0.717) is 0 Å². The molecule has 1 fully saturated rings. The third kappa shape index (κ3) is 3.28. The molecule has 104 valence electrons. The van der Waals surface area contributed by atoms with Gasteiger partial charge in [-0.15, -0.1) is 0 Å². The standard InChI is InChI=1S/C14H21BrN4/c15-13-3-2-12-11-17-19(14(12)10-13)7-1-6-18-8-4-16-5-9-18/h2-3,10,16-17H,1,4-9,11H2. The molecule has 4 nitrogen and oxygen atoms in total. The van der Waals surface area contributed by atoms with E-state index in [0.717, 1.165) is 30.7 Å². The van der Waals surface area contributed by atoms with Crippen LogP contribution in [-0.2, 0) is 6.54 Å². The van der Waals surface area contributed by atoms with Gasteiger partial charge in [0, 0.05) is 43.7 Å². The molecule has 1 saturated heterocycles. The Morgan fingerprint density at radius 3 is 2.84 bits per heavy atom. The Kier molecular flexibility index (Phi) is 4.38. The number of hydrogen-bond acceptors (Lipinski definition) is 4. The van der Waals surface area contributed by atoms with Crippen LogP contribution in [0.2, 0.25) is 0 Å². The lowest BCUT2D eigenvalue weighted by molar-refractivity contribution is 0.238. The first-order valence-corrected chi connectivity index (χ1v) is 7.85. The third-order valence-corrected chi connectivity index (χ3v) is 4.36. The average molecular weight is 325 g/mol. The monoisotopic (exact) mass is 324 g/mol. The molecule has 0 atom stereocenters. The SMILES string of the molecule is Brc1ccc2c(c1)N(CCCN1CCNCC1)NC2. The molecule has 5 heteroatoms. The largest absolute Gasteiger partial charge is 0.314 e. The second kappa shape index (κ2) is 6.22. The summed E-state index contributed by atoms with van der Waals surface area (Å²) in [6.45, 7) is 7.88. The molecule has 2 aliphatic heterocycles. The molecule has 0 unspecified atom stereocenters. The minimum Gasteiger partial charge on any atom is -0.314 e. The van der Waals surface area contributed by atoms with Crippen molar-refractivity contribution in [3.63, 3.8) is 0 Å². The number of piperazine rings is 1. The first-order chi connectivity index (χ1) is 9.33. The Hall–Kier alpha value is -0.620. The van der Waals surface area contributed by atoms with Crippen LogP contribution in [0.3, 0.4) is 0 Å². The van der Waals surface area contributed by atoms with Crippen LogP contribution in [0.5, 0.6) is 0 Å². The Morgan fingerprint density at radius 1 is 1.16 bits per heavy atom. The Balaban J connectivity index is 1.50. The normalized spacial score (nSPS) is 19.7. The van der Waals surface area contributed by atoms with Gasteiger partial charge in [-0.05, 0) is 30.7 Å². The fourth-order valence-electron chi connectivity index (χ4n) is 2.79. The lowest BCUT2D eigenvalue weighted by Gasteiger charge is -2.28. The number of halogens is 1. The van der Waals surface area contributed by atoms with Crippen LogP contribution in [0.25, 0.3) is 0 Å². The fraction of sp³-hybridized carbons (Fsp3) is 0.571. The maximum atomic E-state index is 3.55. The van der Waals surface area contributed by atoms with Crippen molar-refractivity contribution in [3.8, 4) is 0 Å². The number of nitrogens with zero attached hydrogens (tertiary/aromatic N) is 2. The number of benzene rings is 1. The highest BCUT2D eigenvalue weighted by atomic mass is 79.9. The molecule has 0 radical (unpaired) electrons. The van der Waals surface area contributed by atoms with Crippen LogP contribution in [0.4, 0.5) is 5.69 Å². The summed E-state index contributed by atoms with van der Waals surface area (Å²) in [4.78, 5) is 2.55. The number of anilines is 1. The highest BCUT2D eigenvalue weighted by molar-refractivity contribution is 9.10. The van der Waals surface area contributed by atoms with E-state index in [9.17, 15) is 0 Å². The summed E-state index contributed by atoms with van der Waals surface area (Å²) < 4.78 is 1.15. The minimum absolute atomic E-state index is 0.955. The number of fused-ring (bicyclic) bond motifs is 1. The molecule has 2 heterocycles. The molecule has 0 aromatic heterocycles. The molecule has 0 saturated carbocycles. The molecule has 0 aliphatic carbocycles. The van der Waals surface area contributed by atoms with Gasteiger partial charge in [-0.25, -0.2) is 5.43 Å². The van der Waals surface area contributed by atoms with Gasteiger partial charge in [-0.1, -0.05) is 22.0 Å². The zero-order chi connectivity index (χ0) is 13.1. The Morgan fingerprint density at radius 2 is 2.00 bits per heavy atom. The Labute approximate surface area is 123 Å². The van der Waals surface area contributed by atoms with Crippen molar-refractivity contribution in [2.75, 3.05) is 44.3 Å². The first kappa shape index (κ1) is 13.4. The lowest BCUT2D eigenvalue weighted by atomic mass is 10.2. The van der Waals surface area contributed by atoms with Crippen molar-refractivity contribution in [2.24, 2.45) is 0 Å². The summed E-state index contributed by atoms with van der Waals surface area (Å²) in [5, 5.41) is 5.69. The summed E-state index contributed by atoms with van der Waals surface area (Å²) in [5.74, 6) is 0. The van der Waals surface area contributed by atoms with Crippen molar-refractivity contribution < 1.29 is 0 Å². The summed E-state index contributed by atoms with van der Waals surface area (Å²) >= 11 is 3.55. The molecular weight excluding hydrogens is 304 g/mol. The van der Waals surface area contributed by atoms with E-state index in [1.54, 1.807) is 0 Å². The zero-order valence-electron chi connectivity index (χ0n) is 11.2. The summed E-state index contributed by atoms with van der Waals surface area (Å²) in [7, 11) is 0. The maximum absolute atomic E-state index is 3.55. The first-order valence-electron chi connectivity index (χ1n) is 7.05. The second-order valence-electron chi connectivity index (χ2n) is 5.20. The van der Waals surface area contributed by atoms with Crippen LogP contribution < -0.4 is 15.8 Å². The molecule has 19 heavy (non-hydrogen) atoms. The topological polar surface area (TPSA) is 30.5 Å². The van der Waals surface area contributed by atoms with Crippen molar-refractivity contribution in [1.82, 2.24) is 15.6 Å². The van der Waals surface area contributed by atoms with E-state index in [1.165, 1.54) is 37.3 Å². The molecule has 3 rings (SSSR count). The van der Waals surface area contributed by atoms with Gasteiger partial charge < -0.3 is 15.2 Å². The third-order valence-electron chi connectivity index (χ3n) is 3.86. The van der Waals surface area contributed by atoms with E-state index in [-0.39, 0.29) is 0 Å². The van der Waals surface area contributed by atoms with Crippen LogP contribution in [0, 0.1) is 0 Å². The van der Waals surface area contributed by atoms with Crippen molar-refractivity contribution in [1.29, 1.82) is 0 Å². The molecule has 2 aliphatic rings. The molecule has 0 amide bonds. The van der Waals surface area contributed by atoms with Gasteiger partial charge in [0.15, 0.2) is 0 Å². The summed E-state index contributed by atoms with van der Waals surface area (Å²) in [6, 6.07) is 6.52. The van der Waals surface area contributed by atoms with Crippen molar-refractivity contribution >= 4 is 21.6 Å². The molecule has 0 spiro atoms. The van der Waals surface area contributed by atoms with Gasteiger partial charge in [-0.3, -0.25) is 0 Å². The highest BCUT2D eigenvalue weighted by Gasteiger charge is 2.18. The maximum Gasteiger partial charge on any atom is 0.0576 e. The highest BCUT2D eigenvalue weighted by Crippen LogP contribution is 2.28. The van der Waals surface area contributed by atoms with E-state index in [4.69, 9.17) is 0 Å². The molecule has 2 N–H and O–H groups in total. The van der Waals surface area contributed by atoms with Crippen molar-refractivity contribution in [2.45, 2.75) is 13.0 Å². The van der Waals surface area contributed by atoms with Crippen LogP contribution >= 0.6 is 15.9 Å². The quantitative estimate of drug-likeness (QED) is 0.880.